The Labute approximate surface area is 116 Å². The fraction of sp³-hybridized carbons (Fsp3) is 0.500. The van der Waals surface area contributed by atoms with Crippen LogP contribution in [0.15, 0.2) is 27.4 Å². The van der Waals surface area contributed by atoms with E-state index in [9.17, 15) is 4.79 Å². The lowest BCUT2D eigenvalue weighted by Crippen LogP contribution is -3.12. The van der Waals surface area contributed by atoms with Crippen LogP contribution in [0.5, 0.6) is 0 Å². The molecular weight excluding hydrogens is 264 g/mol. The van der Waals surface area contributed by atoms with Crippen LogP contribution in [0, 0.1) is 5.92 Å². The summed E-state index contributed by atoms with van der Waals surface area (Å²) in [5.74, 6) is 0.513. The summed E-state index contributed by atoms with van der Waals surface area (Å²) in [7, 11) is 0. The first-order chi connectivity index (χ1) is 9.13. The second-order valence-corrected chi connectivity index (χ2v) is 5.94. The standard InChI is InChI=1S/C14H17ClN2O2/c1-10-4-6-16(7-5-10)9-17-12-8-11(15)2-3-13(12)19-14(17)18/h2-3,8,10H,4-7,9H2,1H3/p+1. The van der Waals surface area contributed by atoms with Crippen LogP contribution < -0.4 is 10.7 Å². The smallest absolute Gasteiger partial charge is 0.408 e. The van der Waals surface area contributed by atoms with Crippen molar-refractivity contribution in [3.63, 3.8) is 0 Å². The van der Waals surface area contributed by atoms with Crippen molar-refractivity contribution in [3.05, 3.63) is 33.8 Å². The van der Waals surface area contributed by atoms with E-state index in [1.807, 2.05) is 0 Å². The number of fused-ring (bicyclic) bond motifs is 1. The van der Waals surface area contributed by atoms with Gasteiger partial charge in [0.1, 0.15) is 0 Å². The Morgan fingerprint density at radius 2 is 2.16 bits per heavy atom. The zero-order valence-corrected chi connectivity index (χ0v) is 11.7. The van der Waals surface area contributed by atoms with Gasteiger partial charge in [-0.3, -0.25) is 0 Å². The molecule has 1 N–H and O–H groups in total. The van der Waals surface area contributed by atoms with Crippen LogP contribution in [-0.4, -0.2) is 17.7 Å². The van der Waals surface area contributed by atoms with Gasteiger partial charge in [-0.25, -0.2) is 9.36 Å². The zero-order chi connectivity index (χ0) is 13.4. The summed E-state index contributed by atoms with van der Waals surface area (Å²) < 4.78 is 6.95. The van der Waals surface area contributed by atoms with Crippen LogP contribution in [0.3, 0.4) is 0 Å². The number of halogens is 1. The lowest BCUT2D eigenvalue weighted by molar-refractivity contribution is -0.928. The predicted octanol–water partition coefficient (Wildman–Crippen LogP) is 1.52. The Morgan fingerprint density at radius 3 is 2.89 bits per heavy atom. The van der Waals surface area contributed by atoms with Gasteiger partial charge in [-0.05, 0) is 37.0 Å². The first-order valence-corrected chi connectivity index (χ1v) is 7.14. The van der Waals surface area contributed by atoms with Crippen LogP contribution in [0.25, 0.3) is 11.1 Å². The molecule has 19 heavy (non-hydrogen) atoms. The van der Waals surface area contributed by atoms with Crippen LogP contribution in [-0.2, 0) is 6.67 Å². The Hall–Kier alpha value is -1.26. The molecule has 1 saturated heterocycles. The average molecular weight is 282 g/mol. The van der Waals surface area contributed by atoms with E-state index in [-0.39, 0.29) is 5.76 Å². The number of nitrogens with one attached hydrogen (secondary N) is 1. The normalized spacial score (nSPS) is 23.9. The third kappa shape index (κ3) is 2.55. The quantitative estimate of drug-likeness (QED) is 0.907. The van der Waals surface area contributed by atoms with E-state index >= 15 is 0 Å². The van der Waals surface area contributed by atoms with Crippen molar-refractivity contribution in [2.45, 2.75) is 26.4 Å². The van der Waals surface area contributed by atoms with Crippen LogP contribution in [0.4, 0.5) is 0 Å². The first-order valence-electron chi connectivity index (χ1n) is 6.76. The van der Waals surface area contributed by atoms with Crippen molar-refractivity contribution >= 4 is 22.7 Å². The summed E-state index contributed by atoms with van der Waals surface area (Å²) in [6, 6.07) is 5.30. The summed E-state index contributed by atoms with van der Waals surface area (Å²) in [5, 5.41) is 0.629. The zero-order valence-electron chi connectivity index (χ0n) is 11.0. The maximum Gasteiger partial charge on any atom is 0.424 e. The third-order valence-electron chi connectivity index (χ3n) is 3.99. The van der Waals surface area contributed by atoms with Gasteiger partial charge in [0.05, 0.1) is 18.6 Å². The van der Waals surface area contributed by atoms with Crippen molar-refractivity contribution in [3.8, 4) is 0 Å². The number of hydrogen-bond donors (Lipinski definition) is 1. The van der Waals surface area contributed by atoms with E-state index in [1.54, 1.807) is 22.8 Å². The summed E-state index contributed by atoms with van der Waals surface area (Å²) in [5.41, 5.74) is 1.41. The lowest BCUT2D eigenvalue weighted by Gasteiger charge is -2.27. The monoisotopic (exact) mass is 281 g/mol. The molecule has 4 nitrogen and oxygen atoms in total. The number of likely N-dealkylation sites (tertiary alicyclic amines) is 1. The van der Waals surface area contributed by atoms with Crippen LogP contribution >= 0.6 is 11.6 Å². The summed E-state index contributed by atoms with van der Waals surface area (Å²) in [6.45, 7) is 5.18. The molecule has 102 valence electrons. The molecule has 2 heterocycles. The SMILES string of the molecule is CC1CC[NH+](Cn2c(=O)oc3ccc(Cl)cc32)CC1. The molecule has 0 unspecified atom stereocenters. The van der Waals surface area contributed by atoms with Gasteiger partial charge in [0.15, 0.2) is 12.3 Å². The highest BCUT2D eigenvalue weighted by Crippen LogP contribution is 2.18. The lowest BCUT2D eigenvalue weighted by atomic mass is 10.00. The molecule has 5 heteroatoms. The first kappa shape index (κ1) is 12.8. The van der Waals surface area contributed by atoms with Crippen molar-refractivity contribution in [1.29, 1.82) is 0 Å². The Balaban J connectivity index is 1.90. The molecule has 0 bridgehead atoms. The van der Waals surface area contributed by atoms with E-state index < -0.39 is 0 Å². The van der Waals surface area contributed by atoms with Gasteiger partial charge < -0.3 is 9.32 Å². The second-order valence-electron chi connectivity index (χ2n) is 5.50. The fourth-order valence-electron chi connectivity index (χ4n) is 2.74. The molecule has 2 aromatic rings. The van der Waals surface area contributed by atoms with Gasteiger partial charge in [0.2, 0.25) is 0 Å². The molecule has 0 aliphatic carbocycles. The van der Waals surface area contributed by atoms with E-state index in [0.717, 1.165) is 24.5 Å². The number of quaternary nitrogens is 1. The minimum atomic E-state index is -0.289. The number of oxazole rings is 1. The van der Waals surface area contributed by atoms with Crippen LogP contribution in [0.2, 0.25) is 5.02 Å². The third-order valence-corrected chi connectivity index (χ3v) is 4.23. The highest BCUT2D eigenvalue weighted by atomic mass is 35.5. The number of hydrogen-bond acceptors (Lipinski definition) is 2. The Morgan fingerprint density at radius 1 is 1.42 bits per heavy atom. The molecule has 1 fully saturated rings. The molecule has 1 aromatic heterocycles. The van der Waals surface area contributed by atoms with Gasteiger partial charge in [-0.1, -0.05) is 18.5 Å². The van der Waals surface area contributed by atoms with E-state index in [0.29, 0.717) is 17.3 Å². The molecule has 1 aliphatic rings. The van der Waals surface area contributed by atoms with Crippen molar-refractivity contribution < 1.29 is 9.32 Å². The molecule has 1 aromatic carbocycles. The van der Waals surface area contributed by atoms with Crippen LogP contribution in [0.1, 0.15) is 19.8 Å². The van der Waals surface area contributed by atoms with Gasteiger partial charge in [0.25, 0.3) is 0 Å². The van der Waals surface area contributed by atoms with Gasteiger partial charge >= 0.3 is 5.76 Å². The van der Waals surface area contributed by atoms with E-state index in [1.165, 1.54) is 17.7 Å². The molecule has 0 spiro atoms. The number of nitrogens with zero attached hydrogens (tertiary/aromatic N) is 1. The number of rotatable bonds is 2. The number of piperidine rings is 1. The Kier molecular flexibility index (Phi) is 3.37. The summed E-state index contributed by atoms with van der Waals surface area (Å²) >= 11 is 6.00. The second kappa shape index (κ2) is 5.02. The fourth-order valence-corrected chi connectivity index (χ4v) is 2.90. The van der Waals surface area contributed by atoms with Crippen molar-refractivity contribution in [1.82, 2.24) is 4.57 Å². The predicted molar refractivity (Wildman–Crippen MR) is 74.6 cm³/mol. The number of aromatic nitrogens is 1. The van der Waals surface area contributed by atoms with Crippen molar-refractivity contribution in [2.75, 3.05) is 13.1 Å². The summed E-state index contributed by atoms with van der Waals surface area (Å²) in [6.07, 6.45) is 2.45. The van der Waals surface area contributed by atoms with Gasteiger partial charge in [0, 0.05) is 5.02 Å². The molecule has 3 rings (SSSR count). The Bertz CT molecular complexity index is 638. The number of benzene rings is 1. The molecular formula is C14H18ClN2O2+. The van der Waals surface area contributed by atoms with Crippen molar-refractivity contribution in [2.24, 2.45) is 5.92 Å². The average Bonchev–Trinajstić information content (AvgIpc) is 2.69. The highest BCUT2D eigenvalue weighted by Gasteiger charge is 2.21. The minimum absolute atomic E-state index is 0.289. The molecule has 1 aliphatic heterocycles. The summed E-state index contributed by atoms with van der Waals surface area (Å²) in [4.78, 5) is 13.4. The molecule has 0 saturated carbocycles. The minimum Gasteiger partial charge on any atom is -0.408 e. The van der Waals surface area contributed by atoms with E-state index in [4.69, 9.17) is 16.0 Å². The molecule has 0 radical (unpaired) electrons. The maximum atomic E-state index is 11.9. The highest BCUT2D eigenvalue weighted by molar-refractivity contribution is 6.31. The molecule has 0 atom stereocenters. The largest absolute Gasteiger partial charge is 0.424 e. The molecule has 0 amide bonds. The van der Waals surface area contributed by atoms with Gasteiger partial charge in [-0.2, -0.15) is 0 Å². The van der Waals surface area contributed by atoms with E-state index in [2.05, 4.69) is 6.92 Å². The van der Waals surface area contributed by atoms with Gasteiger partial charge in [-0.15, -0.1) is 0 Å². The topological polar surface area (TPSA) is 39.6 Å². The maximum absolute atomic E-state index is 11.9.